The van der Waals surface area contributed by atoms with Crippen LogP contribution in [0.15, 0.2) is 18.2 Å². The van der Waals surface area contributed by atoms with Gasteiger partial charge in [0.05, 0.1) is 33.1 Å². The molecule has 1 aromatic carbocycles. The Labute approximate surface area is 114 Å². The molecule has 0 spiro atoms. The highest BCUT2D eigenvalue weighted by atomic mass is 16.5. The Bertz CT molecular complexity index is 427. The quantitative estimate of drug-likeness (QED) is 0.836. The maximum absolute atomic E-state index is 5.85. The summed E-state index contributed by atoms with van der Waals surface area (Å²) in [6.07, 6.45) is 0. The second kappa shape index (κ2) is 5.67. The Balaban J connectivity index is 2.16. The van der Waals surface area contributed by atoms with Gasteiger partial charge in [0, 0.05) is 31.6 Å². The highest BCUT2D eigenvalue weighted by Gasteiger charge is 2.38. The summed E-state index contributed by atoms with van der Waals surface area (Å²) in [5.74, 6) is 1.59. The van der Waals surface area contributed by atoms with Crippen molar-refractivity contribution in [3.63, 3.8) is 0 Å². The van der Waals surface area contributed by atoms with Gasteiger partial charge in [0.2, 0.25) is 0 Å². The van der Waals surface area contributed by atoms with Gasteiger partial charge >= 0.3 is 0 Å². The number of rotatable bonds is 6. The average molecular weight is 266 g/mol. The summed E-state index contributed by atoms with van der Waals surface area (Å²) >= 11 is 0. The fraction of sp³-hybridized carbons (Fsp3) is 0.571. The SMILES string of the molecule is COc1ccc(N(C)CC2(CN)COC2)c(OC)c1. The Morgan fingerprint density at radius 2 is 2.05 bits per heavy atom. The minimum Gasteiger partial charge on any atom is -0.497 e. The predicted octanol–water partition coefficient (Wildman–Crippen LogP) is 1.12. The molecular weight excluding hydrogens is 244 g/mol. The van der Waals surface area contributed by atoms with Crippen LogP contribution in [0.4, 0.5) is 5.69 Å². The highest BCUT2D eigenvalue weighted by Crippen LogP contribution is 2.35. The normalized spacial score (nSPS) is 16.6. The first-order valence-corrected chi connectivity index (χ1v) is 6.35. The van der Waals surface area contributed by atoms with Crippen molar-refractivity contribution in [1.29, 1.82) is 0 Å². The number of nitrogens with two attached hydrogens (primary N) is 1. The van der Waals surface area contributed by atoms with Crippen LogP contribution in [0.2, 0.25) is 0 Å². The van der Waals surface area contributed by atoms with E-state index in [1.165, 1.54) is 0 Å². The maximum atomic E-state index is 5.85. The Kier molecular flexibility index (Phi) is 4.17. The van der Waals surface area contributed by atoms with Crippen LogP contribution in [0, 0.1) is 5.41 Å². The van der Waals surface area contributed by atoms with Crippen LogP contribution in [0.5, 0.6) is 11.5 Å². The first kappa shape index (κ1) is 14.0. The van der Waals surface area contributed by atoms with E-state index in [1.54, 1.807) is 14.2 Å². The summed E-state index contributed by atoms with van der Waals surface area (Å²) < 4.78 is 15.9. The van der Waals surface area contributed by atoms with Crippen molar-refractivity contribution in [2.45, 2.75) is 0 Å². The lowest BCUT2D eigenvalue weighted by Gasteiger charge is -2.43. The van der Waals surface area contributed by atoms with E-state index in [2.05, 4.69) is 4.90 Å². The molecule has 0 bridgehead atoms. The molecule has 0 amide bonds. The van der Waals surface area contributed by atoms with Gasteiger partial charge in [0.25, 0.3) is 0 Å². The van der Waals surface area contributed by atoms with Crippen molar-refractivity contribution in [3.05, 3.63) is 18.2 Å². The zero-order chi connectivity index (χ0) is 13.9. The number of benzene rings is 1. The van der Waals surface area contributed by atoms with Gasteiger partial charge in [-0.2, -0.15) is 0 Å². The number of nitrogens with zero attached hydrogens (tertiary/aromatic N) is 1. The summed E-state index contributed by atoms with van der Waals surface area (Å²) in [4.78, 5) is 2.16. The Morgan fingerprint density at radius 1 is 1.32 bits per heavy atom. The molecule has 2 N–H and O–H groups in total. The molecule has 1 fully saturated rings. The third-order valence-corrected chi connectivity index (χ3v) is 3.62. The van der Waals surface area contributed by atoms with Crippen LogP contribution in [0.25, 0.3) is 0 Å². The molecule has 1 aromatic rings. The molecule has 1 aliphatic rings. The zero-order valence-corrected chi connectivity index (χ0v) is 11.8. The van der Waals surface area contributed by atoms with Gasteiger partial charge in [-0.25, -0.2) is 0 Å². The molecule has 0 unspecified atom stereocenters. The summed E-state index contributed by atoms with van der Waals surface area (Å²) in [5.41, 5.74) is 6.95. The molecule has 1 saturated heterocycles. The minimum absolute atomic E-state index is 0.0691. The number of ether oxygens (including phenoxy) is 3. The number of anilines is 1. The molecular formula is C14H22N2O3. The molecule has 0 radical (unpaired) electrons. The van der Waals surface area contributed by atoms with Crippen LogP contribution in [-0.4, -0.2) is 47.6 Å². The topological polar surface area (TPSA) is 57.0 Å². The fourth-order valence-corrected chi connectivity index (χ4v) is 2.35. The molecule has 0 atom stereocenters. The summed E-state index contributed by atoms with van der Waals surface area (Å²) in [6, 6.07) is 5.82. The molecule has 0 saturated carbocycles. The fourth-order valence-electron chi connectivity index (χ4n) is 2.35. The van der Waals surface area contributed by atoms with Crippen LogP contribution >= 0.6 is 0 Å². The van der Waals surface area contributed by atoms with Gasteiger partial charge in [-0.1, -0.05) is 0 Å². The van der Waals surface area contributed by atoms with Crippen LogP contribution < -0.4 is 20.1 Å². The van der Waals surface area contributed by atoms with E-state index in [4.69, 9.17) is 19.9 Å². The molecule has 0 aromatic heterocycles. The van der Waals surface area contributed by atoms with Gasteiger partial charge in [0.1, 0.15) is 11.5 Å². The second-order valence-electron chi connectivity index (χ2n) is 5.09. The molecule has 106 valence electrons. The second-order valence-corrected chi connectivity index (χ2v) is 5.09. The lowest BCUT2D eigenvalue weighted by atomic mass is 9.85. The monoisotopic (exact) mass is 266 g/mol. The van der Waals surface area contributed by atoms with Gasteiger partial charge < -0.3 is 24.8 Å². The Hall–Kier alpha value is -1.46. The van der Waals surface area contributed by atoms with Crippen LogP contribution in [-0.2, 0) is 4.74 Å². The van der Waals surface area contributed by atoms with E-state index in [-0.39, 0.29) is 5.41 Å². The molecule has 19 heavy (non-hydrogen) atoms. The predicted molar refractivity (Wildman–Crippen MR) is 75.1 cm³/mol. The van der Waals surface area contributed by atoms with Crippen molar-refractivity contribution in [3.8, 4) is 11.5 Å². The minimum atomic E-state index is 0.0691. The first-order chi connectivity index (χ1) is 9.14. The number of hydrogen-bond donors (Lipinski definition) is 1. The third-order valence-electron chi connectivity index (χ3n) is 3.62. The van der Waals surface area contributed by atoms with Gasteiger partial charge in [-0.3, -0.25) is 0 Å². The summed E-state index contributed by atoms with van der Waals surface area (Å²) in [6.45, 7) is 2.95. The Morgan fingerprint density at radius 3 is 2.53 bits per heavy atom. The number of hydrogen-bond acceptors (Lipinski definition) is 5. The largest absolute Gasteiger partial charge is 0.497 e. The van der Waals surface area contributed by atoms with E-state index in [0.717, 1.165) is 36.9 Å². The maximum Gasteiger partial charge on any atom is 0.145 e. The van der Waals surface area contributed by atoms with Gasteiger partial charge in [-0.15, -0.1) is 0 Å². The van der Waals surface area contributed by atoms with E-state index < -0.39 is 0 Å². The molecule has 1 aliphatic heterocycles. The van der Waals surface area contributed by atoms with E-state index >= 15 is 0 Å². The van der Waals surface area contributed by atoms with E-state index in [9.17, 15) is 0 Å². The van der Waals surface area contributed by atoms with Crippen LogP contribution in [0.3, 0.4) is 0 Å². The molecule has 5 nitrogen and oxygen atoms in total. The highest BCUT2D eigenvalue weighted by molar-refractivity contribution is 5.60. The molecule has 5 heteroatoms. The number of methoxy groups -OCH3 is 2. The standard InChI is InChI=1S/C14H22N2O3/c1-16(8-14(7-15)9-19-10-14)12-5-4-11(17-2)6-13(12)18-3/h4-6H,7-10,15H2,1-3H3. The molecule has 1 heterocycles. The van der Waals surface area contributed by atoms with E-state index in [0.29, 0.717) is 6.54 Å². The average Bonchev–Trinajstić information content (AvgIpc) is 2.41. The summed E-state index contributed by atoms with van der Waals surface area (Å²) in [5, 5.41) is 0. The van der Waals surface area contributed by atoms with Gasteiger partial charge in [0.15, 0.2) is 0 Å². The summed E-state index contributed by atoms with van der Waals surface area (Å²) in [7, 11) is 5.35. The van der Waals surface area contributed by atoms with Crippen LogP contribution in [0.1, 0.15) is 0 Å². The smallest absolute Gasteiger partial charge is 0.145 e. The van der Waals surface area contributed by atoms with Gasteiger partial charge in [-0.05, 0) is 12.1 Å². The van der Waals surface area contributed by atoms with E-state index in [1.807, 2.05) is 25.2 Å². The van der Waals surface area contributed by atoms with Crippen molar-refractivity contribution >= 4 is 5.69 Å². The van der Waals surface area contributed by atoms with Crippen molar-refractivity contribution in [2.24, 2.45) is 11.1 Å². The lowest BCUT2D eigenvalue weighted by Crippen LogP contribution is -2.54. The molecule has 0 aliphatic carbocycles. The zero-order valence-electron chi connectivity index (χ0n) is 11.8. The van der Waals surface area contributed by atoms with Crippen molar-refractivity contribution < 1.29 is 14.2 Å². The van der Waals surface area contributed by atoms with Crippen molar-refractivity contribution in [1.82, 2.24) is 0 Å². The molecule has 2 rings (SSSR count). The van der Waals surface area contributed by atoms with Crippen molar-refractivity contribution in [2.75, 3.05) is 52.5 Å². The third kappa shape index (κ3) is 2.77. The lowest BCUT2D eigenvalue weighted by molar-refractivity contribution is -0.101. The first-order valence-electron chi connectivity index (χ1n) is 6.35.